The Kier molecular flexibility index (Phi) is 8.17. The number of carbonyl (C=O) groups excluding carboxylic acids is 1. The number of amides is 1. The van der Waals surface area contributed by atoms with Crippen molar-refractivity contribution in [3.05, 3.63) is 87.3 Å². The van der Waals surface area contributed by atoms with Crippen LogP contribution >= 0.6 is 22.9 Å². The molecule has 0 unspecified atom stereocenters. The third-order valence-corrected chi connectivity index (χ3v) is 7.52. The first-order valence-electron chi connectivity index (χ1n) is 11.4. The van der Waals surface area contributed by atoms with Gasteiger partial charge in [0.25, 0.3) is 5.91 Å². The summed E-state index contributed by atoms with van der Waals surface area (Å²) in [4.78, 5) is 19.0. The van der Waals surface area contributed by atoms with Gasteiger partial charge in [-0.25, -0.2) is 0 Å². The lowest BCUT2D eigenvalue weighted by atomic mass is 9.97. The molecular weight excluding hydrogens is 454 g/mol. The van der Waals surface area contributed by atoms with Gasteiger partial charge in [0.2, 0.25) is 0 Å². The van der Waals surface area contributed by atoms with Gasteiger partial charge in [0.15, 0.2) is 0 Å². The minimum absolute atomic E-state index is 0.0115. The molecule has 0 radical (unpaired) electrons. The second kappa shape index (κ2) is 11.3. The van der Waals surface area contributed by atoms with E-state index in [1.165, 1.54) is 4.88 Å². The fraction of sp³-hybridized carbons (Fsp3) is 0.346. The molecule has 1 aromatic heterocycles. The quantitative estimate of drug-likeness (QED) is 0.477. The lowest BCUT2D eigenvalue weighted by Crippen LogP contribution is -2.48. The Hall–Kier alpha value is -2.22. The van der Waals surface area contributed by atoms with Gasteiger partial charge in [-0.2, -0.15) is 0 Å². The van der Waals surface area contributed by atoms with E-state index in [2.05, 4.69) is 34.2 Å². The summed E-state index contributed by atoms with van der Waals surface area (Å²) < 4.78 is 0. The van der Waals surface area contributed by atoms with Crippen molar-refractivity contribution in [2.45, 2.75) is 19.4 Å². The molecule has 0 spiro atoms. The fourth-order valence-electron chi connectivity index (χ4n) is 4.35. The molecule has 174 valence electrons. The summed E-state index contributed by atoms with van der Waals surface area (Å²) >= 11 is 8.04. The van der Waals surface area contributed by atoms with E-state index in [0.717, 1.165) is 48.7 Å². The van der Waals surface area contributed by atoms with Crippen LogP contribution in [0, 0.1) is 0 Å². The van der Waals surface area contributed by atoms with Crippen molar-refractivity contribution in [1.29, 1.82) is 0 Å². The Morgan fingerprint density at radius 2 is 1.85 bits per heavy atom. The van der Waals surface area contributed by atoms with Crippen LogP contribution in [-0.4, -0.2) is 60.1 Å². The largest absolute Gasteiger partial charge is 0.395 e. The number of thiophene rings is 1. The molecule has 0 aliphatic carbocycles. The molecule has 4 rings (SSSR count). The summed E-state index contributed by atoms with van der Waals surface area (Å²) in [6, 6.07) is 19.6. The number of halogens is 1. The third kappa shape index (κ3) is 5.83. The van der Waals surface area contributed by atoms with Crippen LogP contribution < -0.4 is 5.32 Å². The van der Waals surface area contributed by atoms with Crippen LogP contribution in [0.4, 0.5) is 5.00 Å². The molecular formula is C26H30ClN3O2S. The summed E-state index contributed by atoms with van der Waals surface area (Å²) in [6.07, 6.45) is 0.908. The van der Waals surface area contributed by atoms with E-state index in [1.54, 1.807) is 11.3 Å². The second-order valence-electron chi connectivity index (χ2n) is 8.23. The number of rotatable bonds is 8. The molecule has 0 bridgehead atoms. The van der Waals surface area contributed by atoms with Gasteiger partial charge in [-0.15, -0.1) is 11.3 Å². The lowest BCUT2D eigenvalue weighted by molar-refractivity contribution is 0.0946. The van der Waals surface area contributed by atoms with Crippen molar-refractivity contribution < 1.29 is 9.90 Å². The molecule has 1 amide bonds. The smallest absolute Gasteiger partial charge is 0.256 e. The summed E-state index contributed by atoms with van der Waals surface area (Å²) in [7, 11) is 0. The van der Waals surface area contributed by atoms with Gasteiger partial charge in [0, 0.05) is 53.8 Å². The fourth-order valence-corrected chi connectivity index (χ4v) is 5.57. The molecule has 7 heteroatoms. The first-order chi connectivity index (χ1) is 16.1. The monoisotopic (exact) mass is 483 g/mol. The molecule has 1 fully saturated rings. The number of piperazine rings is 1. The normalized spacial score (nSPS) is 16.0. The van der Waals surface area contributed by atoms with Gasteiger partial charge >= 0.3 is 0 Å². The maximum Gasteiger partial charge on any atom is 0.256 e. The zero-order chi connectivity index (χ0) is 23.2. The number of nitrogens with one attached hydrogen (secondary N) is 1. The van der Waals surface area contributed by atoms with Crippen LogP contribution in [0.1, 0.15) is 39.3 Å². The van der Waals surface area contributed by atoms with E-state index >= 15 is 0 Å². The minimum Gasteiger partial charge on any atom is -0.395 e. The molecule has 33 heavy (non-hydrogen) atoms. The van der Waals surface area contributed by atoms with Crippen LogP contribution in [0.25, 0.3) is 0 Å². The lowest BCUT2D eigenvalue weighted by Gasteiger charge is -2.39. The first-order valence-corrected chi connectivity index (χ1v) is 12.6. The Balaban J connectivity index is 1.69. The SMILES string of the molecule is CCc1cc([C@H](c2cccc(Cl)c2)N2CCN(CCO)CC2)c(NC(=O)c2ccccc2)s1. The number of anilines is 1. The zero-order valence-corrected chi connectivity index (χ0v) is 20.4. The number of benzene rings is 2. The first kappa shape index (κ1) is 23.9. The Morgan fingerprint density at radius 3 is 2.52 bits per heavy atom. The van der Waals surface area contributed by atoms with Gasteiger partial charge in [-0.05, 0) is 42.3 Å². The molecule has 1 aliphatic heterocycles. The van der Waals surface area contributed by atoms with Gasteiger partial charge in [0.1, 0.15) is 5.00 Å². The van der Waals surface area contributed by atoms with E-state index in [9.17, 15) is 9.90 Å². The van der Waals surface area contributed by atoms with Crippen molar-refractivity contribution in [2.75, 3.05) is 44.6 Å². The molecule has 2 heterocycles. The topological polar surface area (TPSA) is 55.8 Å². The van der Waals surface area contributed by atoms with E-state index in [1.807, 2.05) is 48.5 Å². The standard InChI is InChI=1S/C26H30ClN3O2S/c1-2-22-18-23(26(33-22)28-25(32)19-7-4-3-5-8-19)24(20-9-6-10-21(27)17-20)30-13-11-29(12-14-30)15-16-31/h3-10,17-18,24,31H,2,11-16H2,1H3,(H,28,32)/t24-/m0/s1. The zero-order valence-electron chi connectivity index (χ0n) is 18.8. The van der Waals surface area contributed by atoms with Crippen molar-refractivity contribution in [1.82, 2.24) is 9.80 Å². The van der Waals surface area contributed by atoms with Crippen LogP contribution in [0.2, 0.25) is 5.02 Å². The van der Waals surface area contributed by atoms with Gasteiger partial charge in [-0.3, -0.25) is 14.6 Å². The maximum atomic E-state index is 13.0. The van der Waals surface area contributed by atoms with Crippen LogP contribution in [0.15, 0.2) is 60.7 Å². The number of nitrogens with zero attached hydrogens (tertiary/aromatic N) is 2. The number of hydrogen-bond acceptors (Lipinski definition) is 5. The number of hydrogen-bond donors (Lipinski definition) is 2. The Bertz CT molecular complexity index is 1060. The highest BCUT2D eigenvalue weighted by Crippen LogP contribution is 2.40. The number of aliphatic hydroxyl groups excluding tert-OH is 1. The summed E-state index contributed by atoms with van der Waals surface area (Å²) in [5, 5.41) is 14.1. The van der Waals surface area contributed by atoms with Crippen molar-refractivity contribution in [3.63, 3.8) is 0 Å². The van der Waals surface area contributed by atoms with E-state index in [4.69, 9.17) is 11.6 Å². The molecule has 5 nitrogen and oxygen atoms in total. The van der Waals surface area contributed by atoms with E-state index in [-0.39, 0.29) is 18.6 Å². The highest BCUT2D eigenvalue weighted by atomic mass is 35.5. The van der Waals surface area contributed by atoms with Crippen LogP contribution in [0.3, 0.4) is 0 Å². The van der Waals surface area contributed by atoms with Crippen molar-refractivity contribution in [3.8, 4) is 0 Å². The number of aryl methyl sites for hydroxylation is 1. The highest BCUT2D eigenvalue weighted by molar-refractivity contribution is 7.16. The average Bonchev–Trinajstić information content (AvgIpc) is 3.23. The van der Waals surface area contributed by atoms with Crippen molar-refractivity contribution >= 4 is 33.8 Å². The number of carbonyl (C=O) groups is 1. The summed E-state index contributed by atoms with van der Waals surface area (Å²) in [5.74, 6) is -0.0982. The highest BCUT2D eigenvalue weighted by Gasteiger charge is 2.30. The number of β-amino-alcohol motifs (C(OH)–C–C–N with tert-alkyl or cyclic N) is 1. The Morgan fingerprint density at radius 1 is 1.09 bits per heavy atom. The average molecular weight is 484 g/mol. The van der Waals surface area contributed by atoms with E-state index in [0.29, 0.717) is 17.1 Å². The maximum absolute atomic E-state index is 13.0. The molecule has 2 aromatic carbocycles. The van der Waals surface area contributed by atoms with Gasteiger partial charge in [-0.1, -0.05) is 48.9 Å². The molecule has 3 aromatic rings. The summed E-state index contributed by atoms with van der Waals surface area (Å²) in [5.41, 5.74) is 2.87. The molecule has 0 saturated carbocycles. The van der Waals surface area contributed by atoms with Crippen molar-refractivity contribution in [2.24, 2.45) is 0 Å². The second-order valence-corrected chi connectivity index (χ2v) is 9.80. The summed E-state index contributed by atoms with van der Waals surface area (Å²) in [6.45, 7) is 6.56. The third-order valence-electron chi connectivity index (χ3n) is 6.07. The van der Waals surface area contributed by atoms with Gasteiger partial charge < -0.3 is 10.4 Å². The van der Waals surface area contributed by atoms with Gasteiger partial charge in [0.05, 0.1) is 12.6 Å². The number of aliphatic hydroxyl groups is 1. The van der Waals surface area contributed by atoms with Crippen LogP contribution in [-0.2, 0) is 6.42 Å². The minimum atomic E-state index is -0.0982. The molecule has 1 atom stereocenters. The molecule has 2 N–H and O–H groups in total. The molecule has 1 aliphatic rings. The Labute approximate surface area is 204 Å². The molecule has 1 saturated heterocycles. The predicted octanol–water partition coefficient (Wildman–Crippen LogP) is 4.92. The predicted molar refractivity (Wildman–Crippen MR) is 136 cm³/mol. The van der Waals surface area contributed by atoms with Crippen LogP contribution in [0.5, 0.6) is 0 Å². The van der Waals surface area contributed by atoms with E-state index < -0.39 is 0 Å².